The smallest absolute Gasteiger partial charge is 0.328 e. The van der Waals surface area contributed by atoms with Crippen LogP contribution >= 0.6 is 0 Å². The SMILES string of the molecule is C#CCOCCOCCOCCOCCC(=O)N1CCN(CCN(CC(=O)N[C@@H](CCCC)C(=O)OC)CC(=O)N[C@@H](CCCC)C(=O)OC)CC1. The molecule has 0 saturated carbocycles. The molecule has 16 nitrogen and oxygen atoms in total. The number of hydrogen-bond donors (Lipinski definition) is 2. The van der Waals surface area contributed by atoms with Crippen LogP contribution in [0, 0.1) is 12.3 Å². The number of methoxy groups -OCH3 is 2. The van der Waals surface area contributed by atoms with Crippen LogP contribution < -0.4 is 10.6 Å². The predicted octanol–water partition coefficient (Wildman–Crippen LogP) is 0.218. The fourth-order valence-corrected chi connectivity index (χ4v) is 5.31. The Hall–Kier alpha value is -3.33. The first-order valence-corrected chi connectivity index (χ1v) is 18.4. The van der Waals surface area contributed by atoms with E-state index in [0.29, 0.717) is 98.4 Å². The number of carbonyl (C=O) groups is 5. The Morgan fingerprint density at radius 3 is 1.62 bits per heavy atom. The van der Waals surface area contributed by atoms with Crippen molar-refractivity contribution in [1.82, 2.24) is 25.3 Å². The van der Waals surface area contributed by atoms with Crippen molar-refractivity contribution >= 4 is 29.7 Å². The molecule has 1 fully saturated rings. The van der Waals surface area contributed by atoms with Crippen molar-refractivity contribution in [3.8, 4) is 12.3 Å². The summed E-state index contributed by atoms with van der Waals surface area (Å²) in [6.07, 6.45) is 9.43. The lowest BCUT2D eigenvalue weighted by molar-refractivity contribution is -0.145. The molecule has 0 radical (unpaired) electrons. The second-order valence-electron chi connectivity index (χ2n) is 12.3. The number of carbonyl (C=O) groups excluding carboxylic acids is 5. The van der Waals surface area contributed by atoms with Crippen LogP contribution in [-0.4, -0.2) is 176 Å². The quantitative estimate of drug-likeness (QED) is 0.0582. The van der Waals surface area contributed by atoms with Gasteiger partial charge in [-0.25, -0.2) is 9.59 Å². The number of piperazine rings is 1. The minimum atomic E-state index is -0.781. The lowest BCUT2D eigenvalue weighted by Crippen LogP contribution is -2.53. The Kier molecular flexibility index (Phi) is 27.1. The van der Waals surface area contributed by atoms with Crippen LogP contribution in [0.4, 0.5) is 0 Å². The van der Waals surface area contributed by atoms with E-state index in [9.17, 15) is 24.0 Å². The Morgan fingerprint density at radius 2 is 1.17 bits per heavy atom. The summed E-state index contributed by atoms with van der Waals surface area (Å²) in [5.74, 6) is 0.541. The zero-order chi connectivity index (χ0) is 38.4. The number of rotatable bonds is 30. The van der Waals surface area contributed by atoms with E-state index in [1.165, 1.54) is 14.2 Å². The fourth-order valence-electron chi connectivity index (χ4n) is 5.31. The van der Waals surface area contributed by atoms with Gasteiger partial charge in [0.15, 0.2) is 0 Å². The molecule has 3 amide bonds. The molecular formula is C36H63N5O11. The molecule has 1 saturated heterocycles. The molecule has 0 unspecified atom stereocenters. The third-order valence-electron chi connectivity index (χ3n) is 8.29. The van der Waals surface area contributed by atoms with Gasteiger partial charge in [-0.2, -0.15) is 0 Å². The van der Waals surface area contributed by atoms with Crippen LogP contribution in [0.25, 0.3) is 0 Å². The van der Waals surface area contributed by atoms with Crippen molar-refractivity contribution in [3.63, 3.8) is 0 Å². The van der Waals surface area contributed by atoms with Gasteiger partial charge in [-0.1, -0.05) is 45.5 Å². The van der Waals surface area contributed by atoms with E-state index >= 15 is 0 Å². The van der Waals surface area contributed by atoms with Crippen molar-refractivity contribution in [1.29, 1.82) is 0 Å². The van der Waals surface area contributed by atoms with Gasteiger partial charge in [0.2, 0.25) is 17.7 Å². The predicted molar refractivity (Wildman–Crippen MR) is 193 cm³/mol. The van der Waals surface area contributed by atoms with Crippen molar-refractivity contribution in [2.24, 2.45) is 0 Å². The summed E-state index contributed by atoms with van der Waals surface area (Å²) < 4.78 is 31.2. The minimum absolute atomic E-state index is 0.0162. The van der Waals surface area contributed by atoms with Gasteiger partial charge < -0.3 is 44.0 Å². The molecule has 0 spiro atoms. The van der Waals surface area contributed by atoms with E-state index in [1.807, 2.05) is 18.7 Å². The van der Waals surface area contributed by atoms with Gasteiger partial charge in [0, 0.05) is 39.3 Å². The molecule has 0 aliphatic carbocycles. The molecular weight excluding hydrogens is 678 g/mol. The Morgan fingerprint density at radius 1 is 0.712 bits per heavy atom. The largest absolute Gasteiger partial charge is 0.467 e. The summed E-state index contributed by atoms with van der Waals surface area (Å²) in [6, 6.07) is -1.56. The maximum absolute atomic E-state index is 13.1. The van der Waals surface area contributed by atoms with Crippen LogP contribution in [0.1, 0.15) is 58.8 Å². The third-order valence-corrected chi connectivity index (χ3v) is 8.29. The fraction of sp³-hybridized carbons (Fsp3) is 0.806. The number of unbranched alkanes of at least 4 members (excludes halogenated alkanes) is 2. The maximum Gasteiger partial charge on any atom is 0.328 e. The van der Waals surface area contributed by atoms with Gasteiger partial charge in [0.05, 0.1) is 80.0 Å². The molecule has 52 heavy (non-hydrogen) atoms. The molecule has 1 heterocycles. The average molecular weight is 742 g/mol. The number of terminal acetylenes is 1. The average Bonchev–Trinajstić information content (AvgIpc) is 3.15. The minimum Gasteiger partial charge on any atom is -0.467 e. The van der Waals surface area contributed by atoms with E-state index in [2.05, 4.69) is 21.5 Å². The van der Waals surface area contributed by atoms with E-state index in [1.54, 1.807) is 4.90 Å². The highest BCUT2D eigenvalue weighted by atomic mass is 16.6. The summed E-state index contributed by atoms with van der Waals surface area (Å²) >= 11 is 0. The van der Waals surface area contributed by atoms with Gasteiger partial charge in [-0.15, -0.1) is 6.42 Å². The molecule has 2 atom stereocenters. The molecule has 1 aliphatic heterocycles. The van der Waals surface area contributed by atoms with E-state index < -0.39 is 35.8 Å². The first-order valence-electron chi connectivity index (χ1n) is 18.4. The lowest BCUT2D eigenvalue weighted by Gasteiger charge is -2.36. The summed E-state index contributed by atoms with van der Waals surface area (Å²) in [5.41, 5.74) is 0. The number of esters is 2. The summed E-state index contributed by atoms with van der Waals surface area (Å²) in [6.45, 7) is 10.1. The Labute approximate surface area is 309 Å². The van der Waals surface area contributed by atoms with Gasteiger partial charge in [-0.05, 0) is 12.8 Å². The van der Waals surface area contributed by atoms with E-state index in [0.717, 1.165) is 25.7 Å². The molecule has 0 aromatic rings. The van der Waals surface area contributed by atoms with E-state index in [4.69, 9.17) is 34.8 Å². The molecule has 0 bridgehead atoms. The highest BCUT2D eigenvalue weighted by molar-refractivity contribution is 5.87. The highest BCUT2D eigenvalue weighted by Gasteiger charge is 2.26. The lowest BCUT2D eigenvalue weighted by atomic mass is 10.1. The number of nitrogens with zero attached hydrogens (tertiary/aromatic N) is 3. The standard InChI is InChI=1S/C36H63N5O11/c1-6-9-11-30(35(45)47-4)37-32(42)28-40(29-33(43)38-31(12-10-7-2)36(46)48-5)15-14-39-16-18-41(19-17-39)34(44)13-21-50-23-25-52-27-26-51-24-22-49-20-8-3/h3,30-31H,6-7,9-29H2,1-2,4-5H3,(H,37,42)(H,38,43)/t30-,31-/m0/s1. The monoisotopic (exact) mass is 741 g/mol. The van der Waals surface area contributed by atoms with Crippen molar-refractivity contribution < 1.29 is 52.4 Å². The first-order chi connectivity index (χ1) is 25.2. The van der Waals surface area contributed by atoms with E-state index in [-0.39, 0.29) is 32.0 Å². The number of ether oxygens (including phenoxy) is 6. The first kappa shape index (κ1) is 46.7. The summed E-state index contributed by atoms with van der Waals surface area (Å²) in [7, 11) is 2.56. The third kappa shape index (κ3) is 21.9. The van der Waals surface area contributed by atoms with Crippen molar-refractivity contribution in [2.45, 2.75) is 70.9 Å². The number of hydrogen-bond acceptors (Lipinski definition) is 13. The molecule has 1 aliphatic rings. The van der Waals surface area contributed by atoms with Crippen LogP contribution in [0.5, 0.6) is 0 Å². The zero-order valence-corrected chi connectivity index (χ0v) is 31.8. The number of amides is 3. The summed E-state index contributed by atoms with van der Waals surface area (Å²) in [4.78, 5) is 69.2. The van der Waals surface area contributed by atoms with Gasteiger partial charge in [0.1, 0.15) is 18.7 Å². The summed E-state index contributed by atoms with van der Waals surface area (Å²) in [5, 5.41) is 5.51. The Bertz CT molecular complexity index is 1020. The van der Waals surface area contributed by atoms with Crippen molar-refractivity contribution in [3.05, 3.63) is 0 Å². The molecule has 16 heteroatoms. The van der Waals surface area contributed by atoms with Gasteiger partial charge in [0.25, 0.3) is 0 Å². The second kappa shape index (κ2) is 30.2. The normalized spacial score (nSPS) is 14.3. The molecule has 2 N–H and O–H groups in total. The zero-order valence-electron chi connectivity index (χ0n) is 31.8. The van der Waals surface area contributed by atoms with Crippen LogP contribution in [0.2, 0.25) is 0 Å². The highest BCUT2D eigenvalue weighted by Crippen LogP contribution is 2.07. The molecule has 0 aromatic heterocycles. The second-order valence-corrected chi connectivity index (χ2v) is 12.3. The Balaban J connectivity index is 2.56. The molecule has 0 aromatic carbocycles. The van der Waals surface area contributed by atoms with Gasteiger partial charge >= 0.3 is 11.9 Å². The topological polar surface area (TPSA) is 175 Å². The van der Waals surface area contributed by atoms with Crippen LogP contribution in [-0.2, 0) is 52.4 Å². The maximum atomic E-state index is 13.1. The number of nitrogens with one attached hydrogen (secondary N) is 2. The molecule has 298 valence electrons. The molecule has 1 rings (SSSR count). The van der Waals surface area contributed by atoms with Gasteiger partial charge in [-0.3, -0.25) is 24.2 Å². The van der Waals surface area contributed by atoms with Crippen LogP contribution in [0.15, 0.2) is 0 Å². The van der Waals surface area contributed by atoms with Crippen molar-refractivity contribution in [2.75, 3.05) is 119 Å². The van der Waals surface area contributed by atoms with Crippen LogP contribution in [0.3, 0.4) is 0 Å².